The van der Waals surface area contributed by atoms with E-state index < -0.39 is 29.2 Å². The molecular weight excluding hydrogens is 314 g/mol. The summed E-state index contributed by atoms with van der Waals surface area (Å²) in [4.78, 5) is 24.0. The van der Waals surface area contributed by atoms with Crippen LogP contribution in [0.25, 0.3) is 0 Å². The maximum absolute atomic E-state index is 12.2. The highest BCUT2D eigenvalue weighted by molar-refractivity contribution is 5.81. The second-order valence-electron chi connectivity index (χ2n) is 7.04. The number of aromatic hydroxyl groups is 2. The standard InChI is InChI=1S/C17H25NO6/c1-10(23-14(21)16(2,3)4)24-15(22)17(5,18)9-11-8-12(19)6-7-13(11)20/h6-8,10,19-20H,9,18H2,1-5H3/t10?,17-/m0/s1. The number of carbonyl (C=O) groups excluding carboxylic acids is 2. The molecule has 134 valence electrons. The van der Waals surface area contributed by atoms with E-state index in [-0.39, 0.29) is 17.9 Å². The van der Waals surface area contributed by atoms with Crippen molar-refractivity contribution in [3.05, 3.63) is 23.8 Å². The van der Waals surface area contributed by atoms with Crippen molar-refractivity contribution >= 4 is 11.9 Å². The van der Waals surface area contributed by atoms with E-state index in [0.29, 0.717) is 5.56 Å². The van der Waals surface area contributed by atoms with E-state index in [4.69, 9.17) is 15.2 Å². The van der Waals surface area contributed by atoms with E-state index in [1.165, 1.54) is 32.0 Å². The summed E-state index contributed by atoms with van der Waals surface area (Å²) in [6, 6.07) is 3.94. The minimum absolute atomic E-state index is 0.0561. The first-order valence-corrected chi connectivity index (χ1v) is 7.55. The fraction of sp³-hybridized carbons (Fsp3) is 0.529. The molecule has 0 amide bonds. The molecular formula is C17H25NO6. The van der Waals surface area contributed by atoms with E-state index in [2.05, 4.69) is 0 Å². The van der Waals surface area contributed by atoms with Gasteiger partial charge in [0, 0.05) is 13.3 Å². The molecule has 0 fully saturated rings. The highest BCUT2D eigenvalue weighted by Gasteiger charge is 2.34. The van der Waals surface area contributed by atoms with Gasteiger partial charge in [-0.2, -0.15) is 0 Å². The van der Waals surface area contributed by atoms with Crippen LogP contribution < -0.4 is 5.73 Å². The van der Waals surface area contributed by atoms with Crippen LogP contribution in [0, 0.1) is 5.41 Å². The van der Waals surface area contributed by atoms with Crippen molar-refractivity contribution in [2.45, 2.75) is 52.9 Å². The largest absolute Gasteiger partial charge is 0.508 e. The Kier molecular flexibility index (Phi) is 5.84. The molecule has 0 saturated carbocycles. The summed E-state index contributed by atoms with van der Waals surface area (Å²) in [5.74, 6) is -1.45. The fourth-order valence-electron chi connectivity index (χ4n) is 1.82. The lowest BCUT2D eigenvalue weighted by Crippen LogP contribution is -2.49. The fourth-order valence-corrected chi connectivity index (χ4v) is 1.82. The smallest absolute Gasteiger partial charge is 0.329 e. The third-order valence-electron chi connectivity index (χ3n) is 3.25. The molecule has 0 radical (unpaired) electrons. The third-order valence-corrected chi connectivity index (χ3v) is 3.25. The van der Waals surface area contributed by atoms with Crippen molar-refractivity contribution in [3.8, 4) is 11.5 Å². The molecule has 0 spiro atoms. The van der Waals surface area contributed by atoms with Gasteiger partial charge in [-0.15, -0.1) is 0 Å². The van der Waals surface area contributed by atoms with Gasteiger partial charge in [0.05, 0.1) is 5.41 Å². The first kappa shape index (κ1) is 19.8. The monoisotopic (exact) mass is 339 g/mol. The molecule has 7 heteroatoms. The lowest BCUT2D eigenvalue weighted by Gasteiger charge is -2.26. The van der Waals surface area contributed by atoms with Gasteiger partial charge in [0.15, 0.2) is 0 Å². The number of hydrogen-bond donors (Lipinski definition) is 3. The molecule has 1 unspecified atom stereocenters. The summed E-state index contributed by atoms with van der Waals surface area (Å²) >= 11 is 0. The zero-order chi connectivity index (χ0) is 18.7. The zero-order valence-corrected chi connectivity index (χ0v) is 14.6. The lowest BCUT2D eigenvalue weighted by atomic mass is 9.93. The normalized spacial score (nSPS) is 15.2. The molecule has 24 heavy (non-hydrogen) atoms. The second-order valence-corrected chi connectivity index (χ2v) is 7.04. The van der Waals surface area contributed by atoms with Crippen molar-refractivity contribution < 1.29 is 29.3 Å². The maximum atomic E-state index is 12.2. The predicted octanol–water partition coefficient (Wildman–Crippen LogP) is 1.84. The third kappa shape index (κ3) is 5.42. The van der Waals surface area contributed by atoms with Crippen LogP contribution in [0.2, 0.25) is 0 Å². The highest BCUT2D eigenvalue weighted by atomic mass is 16.7. The maximum Gasteiger partial charge on any atom is 0.329 e. The van der Waals surface area contributed by atoms with Crippen molar-refractivity contribution in [2.75, 3.05) is 0 Å². The Morgan fingerprint density at radius 1 is 1.12 bits per heavy atom. The van der Waals surface area contributed by atoms with Crippen molar-refractivity contribution in [3.63, 3.8) is 0 Å². The van der Waals surface area contributed by atoms with Crippen molar-refractivity contribution in [1.82, 2.24) is 0 Å². The molecule has 7 nitrogen and oxygen atoms in total. The quantitative estimate of drug-likeness (QED) is 0.425. The molecule has 0 aliphatic carbocycles. The topological polar surface area (TPSA) is 119 Å². The van der Waals surface area contributed by atoms with Gasteiger partial charge >= 0.3 is 11.9 Å². The van der Waals surface area contributed by atoms with Gasteiger partial charge in [0.1, 0.15) is 17.0 Å². The number of esters is 2. The Labute approximate surface area is 141 Å². The highest BCUT2D eigenvalue weighted by Crippen LogP contribution is 2.26. The minimum Gasteiger partial charge on any atom is -0.508 e. The molecule has 0 bridgehead atoms. The van der Waals surface area contributed by atoms with Gasteiger partial charge < -0.3 is 25.4 Å². The van der Waals surface area contributed by atoms with Crippen LogP contribution >= 0.6 is 0 Å². The molecule has 0 aliphatic rings. The van der Waals surface area contributed by atoms with E-state index in [9.17, 15) is 19.8 Å². The molecule has 1 aromatic carbocycles. The van der Waals surface area contributed by atoms with Crippen LogP contribution in [0.3, 0.4) is 0 Å². The van der Waals surface area contributed by atoms with E-state index in [0.717, 1.165) is 0 Å². The molecule has 0 heterocycles. The predicted molar refractivity (Wildman–Crippen MR) is 87.2 cm³/mol. The van der Waals surface area contributed by atoms with Crippen molar-refractivity contribution in [1.29, 1.82) is 0 Å². The second kappa shape index (κ2) is 7.09. The van der Waals surface area contributed by atoms with Gasteiger partial charge in [0.25, 0.3) is 0 Å². The summed E-state index contributed by atoms with van der Waals surface area (Å²) in [5, 5.41) is 19.3. The molecule has 0 aliphatic heterocycles. The van der Waals surface area contributed by atoms with E-state index in [1.807, 2.05) is 0 Å². The zero-order valence-electron chi connectivity index (χ0n) is 14.6. The molecule has 1 rings (SSSR count). The Bertz CT molecular complexity index is 618. The Hall–Kier alpha value is -2.28. The van der Waals surface area contributed by atoms with Crippen LogP contribution in [-0.2, 0) is 25.5 Å². The van der Waals surface area contributed by atoms with Gasteiger partial charge in [-0.3, -0.25) is 4.79 Å². The van der Waals surface area contributed by atoms with Crippen molar-refractivity contribution in [2.24, 2.45) is 11.1 Å². The number of rotatable bonds is 5. The summed E-state index contributed by atoms with van der Waals surface area (Å²) in [5.41, 5.74) is 4.07. The molecule has 1 aromatic rings. The lowest BCUT2D eigenvalue weighted by molar-refractivity contribution is -0.193. The first-order chi connectivity index (χ1) is 10.8. The number of carbonyl (C=O) groups is 2. The van der Waals surface area contributed by atoms with Crippen LogP contribution in [0.4, 0.5) is 0 Å². The molecule has 0 aromatic heterocycles. The number of phenols is 2. The first-order valence-electron chi connectivity index (χ1n) is 7.55. The van der Waals surface area contributed by atoms with Gasteiger partial charge in [-0.25, -0.2) is 4.79 Å². The van der Waals surface area contributed by atoms with Crippen LogP contribution in [0.1, 0.15) is 40.2 Å². The Morgan fingerprint density at radius 2 is 1.67 bits per heavy atom. The number of benzene rings is 1. The number of hydrogen-bond acceptors (Lipinski definition) is 7. The summed E-state index contributed by atoms with van der Waals surface area (Å²) in [6.45, 7) is 7.89. The van der Waals surface area contributed by atoms with Crippen LogP contribution in [0.5, 0.6) is 11.5 Å². The van der Waals surface area contributed by atoms with Crippen LogP contribution in [-0.4, -0.2) is 34.0 Å². The van der Waals surface area contributed by atoms with Gasteiger partial charge in [-0.05, 0) is 51.5 Å². The number of phenolic OH excluding ortho intramolecular Hbond substituents is 2. The van der Waals surface area contributed by atoms with Crippen LogP contribution in [0.15, 0.2) is 18.2 Å². The average molecular weight is 339 g/mol. The number of nitrogens with two attached hydrogens (primary N) is 1. The summed E-state index contributed by atoms with van der Waals surface area (Å²) in [6.07, 6.45) is -1.16. The number of ether oxygens (including phenoxy) is 2. The van der Waals surface area contributed by atoms with E-state index >= 15 is 0 Å². The minimum atomic E-state index is -1.48. The Balaban J connectivity index is 2.74. The molecule has 2 atom stereocenters. The average Bonchev–Trinajstić information content (AvgIpc) is 2.41. The van der Waals surface area contributed by atoms with E-state index in [1.54, 1.807) is 20.8 Å². The summed E-state index contributed by atoms with van der Waals surface area (Å²) in [7, 11) is 0. The van der Waals surface area contributed by atoms with Gasteiger partial charge in [-0.1, -0.05) is 0 Å². The molecule has 4 N–H and O–H groups in total. The Morgan fingerprint density at radius 3 is 2.21 bits per heavy atom. The molecule has 0 saturated heterocycles. The SMILES string of the molecule is CC(OC(=O)C(C)(C)C)OC(=O)[C@@](C)(N)Cc1cc(O)ccc1O. The van der Waals surface area contributed by atoms with Gasteiger partial charge in [0.2, 0.25) is 6.29 Å². The summed E-state index contributed by atoms with van der Waals surface area (Å²) < 4.78 is 10.1.